The fourth-order valence-electron chi connectivity index (χ4n) is 1.71. The van der Waals surface area contributed by atoms with Crippen molar-refractivity contribution in [2.24, 2.45) is 0 Å². The van der Waals surface area contributed by atoms with Gasteiger partial charge in [-0.25, -0.2) is 13.8 Å². The maximum atomic E-state index is 12.9. The molecule has 2 rings (SSSR count). The fourth-order valence-corrected chi connectivity index (χ4v) is 2.77. The van der Waals surface area contributed by atoms with Crippen LogP contribution in [0.5, 0.6) is 5.75 Å². The summed E-state index contributed by atoms with van der Waals surface area (Å²) in [6, 6.07) is 3.18. The van der Waals surface area contributed by atoms with Gasteiger partial charge in [-0.2, -0.15) is 0 Å². The van der Waals surface area contributed by atoms with Gasteiger partial charge in [-0.15, -0.1) is 22.9 Å². The van der Waals surface area contributed by atoms with Crippen LogP contribution in [0.2, 0.25) is 0 Å². The molecule has 0 saturated heterocycles. The Kier molecular flexibility index (Phi) is 5.73. The first-order valence-electron chi connectivity index (χ1n) is 6.25. The summed E-state index contributed by atoms with van der Waals surface area (Å²) in [6.45, 7) is 0.427. The Morgan fingerprint density at radius 2 is 1.90 bits per heavy atom. The van der Waals surface area contributed by atoms with Crippen LogP contribution in [0.25, 0.3) is 0 Å². The molecule has 108 valence electrons. The summed E-state index contributed by atoms with van der Waals surface area (Å²) >= 11 is 7.28. The Hall–Kier alpha value is -1.20. The maximum Gasteiger partial charge on any atom is 0.129 e. The van der Waals surface area contributed by atoms with E-state index in [4.69, 9.17) is 16.3 Å². The maximum absolute atomic E-state index is 12.9. The SMILES string of the molecule is Fc1cc(F)cc(OCCCCc2nc(CCl)cs2)c1. The summed E-state index contributed by atoms with van der Waals surface area (Å²) < 4.78 is 31.2. The number of ether oxygens (including phenoxy) is 1. The smallest absolute Gasteiger partial charge is 0.129 e. The van der Waals surface area contributed by atoms with Crippen LogP contribution in [0.4, 0.5) is 8.78 Å². The zero-order chi connectivity index (χ0) is 14.4. The minimum Gasteiger partial charge on any atom is -0.493 e. The van der Waals surface area contributed by atoms with Crippen molar-refractivity contribution < 1.29 is 13.5 Å². The average molecular weight is 318 g/mol. The van der Waals surface area contributed by atoms with Gasteiger partial charge in [0.25, 0.3) is 0 Å². The average Bonchev–Trinajstić information content (AvgIpc) is 2.85. The van der Waals surface area contributed by atoms with Gasteiger partial charge in [0.1, 0.15) is 17.4 Å². The third-order valence-electron chi connectivity index (χ3n) is 2.63. The van der Waals surface area contributed by atoms with Gasteiger partial charge in [-0.05, 0) is 19.3 Å². The number of benzene rings is 1. The number of unbranched alkanes of at least 4 members (excludes halogenated alkanes) is 1. The van der Waals surface area contributed by atoms with Crippen LogP contribution in [-0.2, 0) is 12.3 Å². The molecule has 0 bridgehead atoms. The molecule has 0 N–H and O–H groups in total. The van der Waals surface area contributed by atoms with Gasteiger partial charge >= 0.3 is 0 Å². The number of hydrogen-bond donors (Lipinski definition) is 0. The highest BCUT2D eigenvalue weighted by atomic mass is 35.5. The fraction of sp³-hybridized carbons (Fsp3) is 0.357. The highest BCUT2D eigenvalue weighted by Gasteiger charge is 2.03. The number of aryl methyl sites for hydroxylation is 1. The number of rotatable bonds is 7. The molecule has 20 heavy (non-hydrogen) atoms. The molecule has 0 aliphatic rings. The molecule has 0 atom stereocenters. The van der Waals surface area contributed by atoms with Gasteiger partial charge in [0, 0.05) is 23.6 Å². The van der Waals surface area contributed by atoms with E-state index in [9.17, 15) is 8.78 Å². The van der Waals surface area contributed by atoms with Crippen LogP contribution < -0.4 is 4.74 Å². The van der Waals surface area contributed by atoms with Crippen LogP contribution >= 0.6 is 22.9 Å². The number of halogens is 3. The Morgan fingerprint density at radius 3 is 2.55 bits per heavy atom. The van der Waals surface area contributed by atoms with Crippen molar-refractivity contribution in [3.63, 3.8) is 0 Å². The molecule has 0 amide bonds. The second kappa shape index (κ2) is 7.55. The predicted molar refractivity (Wildman–Crippen MR) is 76.5 cm³/mol. The first-order valence-corrected chi connectivity index (χ1v) is 7.67. The predicted octanol–water partition coefficient (Wildman–Crippen LogP) is 4.56. The van der Waals surface area contributed by atoms with E-state index in [1.807, 2.05) is 5.38 Å². The molecule has 0 saturated carbocycles. The van der Waals surface area contributed by atoms with E-state index in [0.29, 0.717) is 12.5 Å². The molecule has 0 unspecified atom stereocenters. The van der Waals surface area contributed by atoms with Crippen molar-refractivity contribution in [1.29, 1.82) is 0 Å². The van der Waals surface area contributed by atoms with Gasteiger partial charge in [0.05, 0.1) is 23.2 Å². The van der Waals surface area contributed by atoms with Crippen LogP contribution in [0.1, 0.15) is 23.5 Å². The zero-order valence-electron chi connectivity index (χ0n) is 10.7. The Morgan fingerprint density at radius 1 is 1.15 bits per heavy atom. The lowest BCUT2D eigenvalue weighted by atomic mass is 10.2. The van der Waals surface area contributed by atoms with Crippen molar-refractivity contribution in [3.05, 3.63) is 45.9 Å². The third-order valence-corrected chi connectivity index (χ3v) is 3.86. The molecule has 1 heterocycles. The minimum atomic E-state index is -0.628. The first-order chi connectivity index (χ1) is 9.67. The van der Waals surface area contributed by atoms with Crippen molar-refractivity contribution in [2.75, 3.05) is 6.61 Å². The number of alkyl halides is 1. The number of nitrogens with zero attached hydrogens (tertiary/aromatic N) is 1. The number of aromatic nitrogens is 1. The lowest BCUT2D eigenvalue weighted by Gasteiger charge is -2.05. The molecule has 0 fully saturated rings. The number of hydrogen-bond acceptors (Lipinski definition) is 3. The minimum absolute atomic E-state index is 0.223. The molecule has 1 aromatic heterocycles. The van der Waals surface area contributed by atoms with E-state index in [2.05, 4.69) is 4.98 Å². The third kappa shape index (κ3) is 4.72. The highest BCUT2D eigenvalue weighted by Crippen LogP contribution is 2.17. The molecule has 2 aromatic rings. The van der Waals surface area contributed by atoms with Crippen molar-refractivity contribution >= 4 is 22.9 Å². The molecular weight excluding hydrogens is 304 g/mol. The zero-order valence-corrected chi connectivity index (χ0v) is 12.3. The Labute approximate surface area is 125 Å². The van der Waals surface area contributed by atoms with Crippen LogP contribution in [-0.4, -0.2) is 11.6 Å². The van der Waals surface area contributed by atoms with E-state index >= 15 is 0 Å². The molecule has 0 aliphatic carbocycles. The van der Waals surface area contributed by atoms with Crippen LogP contribution in [0.3, 0.4) is 0 Å². The van der Waals surface area contributed by atoms with Crippen molar-refractivity contribution in [1.82, 2.24) is 4.98 Å². The Balaban J connectivity index is 1.68. The normalized spacial score (nSPS) is 10.8. The number of thiazole rings is 1. The summed E-state index contributed by atoms with van der Waals surface area (Å²) in [5.74, 6) is -0.598. The second-order valence-electron chi connectivity index (χ2n) is 4.28. The summed E-state index contributed by atoms with van der Waals surface area (Å²) in [4.78, 5) is 4.35. The van der Waals surface area contributed by atoms with Gasteiger partial charge in [-0.3, -0.25) is 0 Å². The molecule has 0 spiro atoms. The highest BCUT2D eigenvalue weighted by molar-refractivity contribution is 7.09. The lowest BCUT2D eigenvalue weighted by molar-refractivity contribution is 0.303. The van der Waals surface area contributed by atoms with E-state index in [0.717, 1.165) is 36.0 Å². The Bertz CT molecular complexity index is 542. The van der Waals surface area contributed by atoms with Crippen LogP contribution in [0, 0.1) is 11.6 Å². The van der Waals surface area contributed by atoms with Crippen molar-refractivity contribution in [3.8, 4) is 5.75 Å². The molecule has 0 radical (unpaired) electrons. The summed E-state index contributed by atoms with van der Waals surface area (Å²) in [7, 11) is 0. The topological polar surface area (TPSA) is 22.1 Å². The molecular formula is C14H14ClF2NOS. The summed E-state index contributed by atoms with van der Waals surface area (Å²) in [6.07, 6.45) is 2.57. The van der Waals surface area contributed by atoms with Gasteiger partial charge < -0.3 is 4.74 Å². The van der Waals surface area contributed by atoms with Gasteiger partial charge in [-0.1, -0.05) is 0 Å². The first kappa shape index (κ1) is 15.2. The van der Waals surface area contributed by atoms with E-state index < -0.39 is 11.6 Å². The molecule has 0 aliphatic heterocycles. The van der Waals surface area contributed by atoms with Crippen molar-refractivity contribution in [2.45, 2.75) is 25.1 Å². The quantitative estimate of drug-likeness (QED) is 0.551. The standard InChI is InChI=1S/C14H14ClF2NOS/c15-8-12-9-20-14(18-12)3-1-2-4-19-13-6-10(16)5-11(17)7-13/h5-7,9H,1-4,8H2. The van der Waals surface area contributed by atoms with E-state index in [-0.39, 0.29) is 5.75 Å². The molecule has 6 heteroatoms. The van der Waals surface area contributed by atoms with E-state index in [1.54, 1.807) is 11.3 Å². The monoisotopic (exact) mass is 317 g/mol. The summed E-state index contributed by atoms with van der Waals surface area (Å²) in [5, 5.41) is 3.01. The molecule has 1 aromatic carbocycles. The van der Waals surface area contributed by atoms with Crippen LogP contribution in [0.15, 0.2) is 23.6 Å². The summed E-state index contributed by atoms with van der Waals surface area (Å²) in [5.41, 5.74) is 0.901. The van der Waals surface area contributed by atoms with Gasteiger partial charge in [0.2, 0.25) is 0 Å². The lowest BCUT2D eigenvalue weighted by Crippen LogP contribution is -1.99. The second-order valence-corrected chi connectivity index (χ2v) is 5.49. The van der Waals surface area contributed by atoms with Gasteiger partial charge in [0.15, 0.2) is 0 Å². The largest absolute Gasteiger partial charge is 0.493 e. The van der Waals surface area contributed by atoms with E-state index in [1.165, 1.54) is 12.1 Å². The molecule has 2 nitrogen and oxygen atoms in total.